The van der Waals surface area contributed by atoms with Gasteiger partial charge in [-0.05, 0) is 70.1 Å². The van der Waals surface area contributed by atoms with Crippen molar-refractivity contribution in [2.24, 2.45) is 15.9 Å². The smallest absolute Gasteiger partial charge is 0.273 e. The molecule has 1 aliphatic rings. The first-order valence-corrected chi connectivity index (χ1v) is 14.0. The fourth-order valence-corrected chi connectivity index (χ4v) is 4.02. The number of aromatic nitrogens is 1. The Balaban J connectivity index is 0.000000355. The molecule has 1 aliphatic heterocycles. The summed E-state index contributed by atoms with van der Waals surface area (Å²) in [5.74, 6) is 1.77. The molecule has 0 saturated heterocycles. The van der Waals surface area contributed by atoms with Crippen LogP contribution in [-0.2, 0) is 22.0 Å². The highest BCUT2D eigenvalue weighted by molar-refractivity contribution is 7.84. The number of aryl methyl sites for hydroxylation is 1. The minimum atomic E-state index is -0.924. The summed E-state index contributed by atoms with van der Waals surface area (Å²) in [5.41, 5.74) is 3.39. The average Bonchev–Trinajstić information content (AvgIpc) is 2.84. The maximum atomic E-state index is 12.3. The predicted molar refractivity (Wildman–Crippen MR) is 149 cm³/mol. The molecule has 6 nitrogen and oxygen atoms in total. The topological polar surface area (TPSA) is 75.0 Å². The minimum absolute atomic E-state index is 0.0297. The van der Waals surface area contributed by atoms with Crippen molar-refractivity contribution in [3.8, 4) is 0 Å². The number of carbonyl (C=O) groups is 1. The lowest BCUT2D eigenvalue weighted by molar-refractivity contribution is -0.122. The highest BCUT2D eigenvalue weighted by atomic mass is 35.5. The number of hydrogen-bond donors (Lipinski definition) is 0. The summed E-state index contributed by atoms with van der Waals surface area (Å²) in [4.78, 5) is 26.7. The molecule has 0 fully saturated rings. The summed E-state index contributed by atoms with van der Waals surface area (Å²) in [5, 5.41) is 0.847. The Morgan fingerprint density at radius 3 is 2.31 bits per heavy atom. The molecule has 0 bridgehead atoms. The van der Waals surface area contributed by atoms with E-state index in [0.717, 1.165) is 24.3 Å². The summed E-state index contributed by atoms with van der Waals surface area (Å²) in [6.45, 7) is 19.6. The SMILES string of the molecule is C=C(Cl)/N=C1\C(=C(C)C)N=C(C)C(=O)N1[C@H](C)CC.CCC(C)CCc1ccc(S(=O)CC)nc1. The fraction of sp³-hybridized carbons (Fsp3) is 0.556. The number of aliphatic imine (C=N–C) groups is 2. The summed E-state index contributed by atoms with van der Waals surface area (Å²) in [6.07, 6.45) is 6.19. The van der Waals surface area contributed by atoms with Crippen LogP contribution < -0.4 is 0 Å². The van der Waals surface area contributed by atoms with Gasteiger partial charge < -0.3 is 0 Å². The maximum Gasteiger partial charge on any atom is 0.273 e. The fourth-order valence-electron chi connectivity index (χ4n) is 3.26. The van der Waals surface area contributed by atoms with Crippen LogP contribution in [-0.4, -0.2) is 43.3 Å². The number of halogens is 1. The molecule has 1 aromatic heterocycles. The number of rotatable bonds is 9. The van der Waals surface area contributed by atoms with Crippen molar-refractivity contribution in [1.82, 2.24) is 9.88 Å². The van der Waals surface area contributed by atoms with E-state index < -0.39 is 10.8 Å². The van der Waals surface area contributed by atoms with Crippen LogP contribution >= 0.6 is 11.6 Å². The van der Waals surface area contributed by atoms with Gasteiger partial charge in [-0.3, -0.25) is 13.9 Å². The number of carbonyl (C=O) groups excluding carboxylic acids is 1. The van der Waals surface area contributed by atoms with Crippen molar-refractivity contribution in [2.75, 3.05) is 5.75 Å². The van der Waals surface area contributed by atoms with E-state index in [2.05, 4.69) is 41.5 Å². The quantitative estimate of drug-likeness (QED) is 0.341. The van der Waals surface area contributed by atoms with Gasteiger partial charge in [0.15, 0.2) is 5.84 Å². The summed E-state index contributed by atoms with van der Waals surface area (Å²) in [7, 11) is -0.924. The summed E-state index contributed by atoms with van der Waals surface area (Å²) in [6, 6.07) is 3.98. The lowest BCUT2D eigenvalue weighted by Crippen LogP contribution is -2.49. The Labute approximate surface area is 219 Å². The van der Waals surface area contributed by atoms with E-state index >= 15 is 0 Å². The number of hydrogen-bond acceptors (Lipinski definition) is 5. The molecule has 8 heteroatoms. The van der Waals surface area contributed by atoms with E-state index in [4.69, 9.17) is 11.6 Å². The van der Waals surface area contributed by atoms with Crippen molar-refractivity contribution in [3.05, 3.63) is 46.9 Å². The van der Waals surface area contributed by atoms with Gasteiger partial charge >= 0.3 is 0 Å². The monoisotopic (exact) mass is 520 g/mol. The standard InChI is InChI=1S/C14H20ClN3O.C13H21NOS/c1-7-9(4)18-13(17-11(6)15)12(8(2)3)16-10(5)14(18)19;1-4-11(3)6-7-12-8-9-13(14-10-12)16(15)5-2/h9H,6-7H2,1-5H3;8-11H,4-7H2,1-3H3/b17-13+;/t9-;/m1./s1. The molecular weight excluding hydrogens is 480 g/mol. The van der Waals surface area contributed by atoms with E-state index in [1.54, 1.807) is 11.8 Å². The maximum absolute atomic E-state index is 12.3. The van der Waals surface area contributed by atoms with Gasteiger partial charge in [0.2, 0.25) is 0 Å². The zero-order chi connectivity index (χ0) is 26.7. The Hall–Kier alpha value is -2.12. The molecule has 0 spiro atoms. The van der Waals surface area contributed by atoms with Crippen LogP contribution in [0.5, 0.6) is 0 Å². The molecule has 2 rings (SSSR count). The largest absolute Gasteiger partial charge is 0.287 e. The number of allylic oxidation sites excluding steroid dienone is 1. The van der Waals surface area contributed by atoms with Gasteiger partial charge in [0.1, 0.15) is 21.6 Å². The van der Waals surface area contributed by atoms with Crippen LogP contribution in [0.2, 0.25) is 0 Å². The summed E-state index contributed by atoms with van der Waals surface area (Å²) < 4.78 is 11.5. The predicted octanol–water partition coefficient (Wildman–Crippen LogP) is 6.68. The number of pyridine rings is 1. The molecule has 35 heavy (non-hydrogen) atoms. The highest BCUT2D eigenvalue weighted by Crippen LogP contribution is 2.22. The van der Waals surface area contributed by atoms with E-state index in [1.165, 1.54) is 18.4 Å². The Morgan fingerprint density at radius 2 is 1.86 bits per heavy atom. The first-order chi connectivity index (χ1) is 16.5. The second-order valence-corrected chi connectivity index (χ2v) is 11.1. The van der Waals surface area contributed by atoms with Gasteiger partial charge in [-0.25, -0.2) is 15.0 Å². The Kier molecular flexibility index (Phi) is 13.3. The van der Waals surface area contributed by atoms with Gasteiger partial charge in [-0.2, -0.15) is 0 Å². The molecule has 1 amide bonds. The molecule has 0 aromatic carbocycles. The van der Waals surface area contributed by atoms with Crippen LogP contribution in [0.4, 0.5) is 0 Å². The van der Waals surface area contributed by atoms with Crippen LogP contribution in [0.25, 0.3) is 0 Å². The number of amidine groups is 1. The van der Waals surface area contributed by atoms with Crippen LogP contribution in [0, 0.1) is 5.92 Å². The van der Waals surface area contributed by atoms with Crippen LogP contribution in [0.1, 0.15) is 80.2 Å². The third-order valence-corrected chi connectivity index (χ3v) is 7.21. The third kappa shape index (κ3) is 9.45. The van der Waals surface area contributed by atoms with Crippen molar-refractivity contribution in [3.63, 3.8) is 0 Å². The van der Waals surface area contributed by atoms with Gasteiger partial charge in [-0.1, -0.05) is 58.4 Å². The lowest BCUT2D eigenvalue weighted by atomic mass is 10.0. The highest BCUT2D eigenvalue weighted by Gasteiger charge is 2.33. The van der Waals surface area contributed by atoms with Crippen molar-refractivity contribution >= 4 is 39.9 Å². The average molecular weight is 521 g/mol. The van der Waals surface area contributed by atoms with Crippen molar-refractivity contribution in [2.45, 2.75) is 92.1 Å². The summed E-state index contributed by atoms with van der Waals surface area (Å²) >= 11 is 5.79. The lowest BCUT2D eigenvalue weighted by Gasteiger charge is -2.33. The van der Waals surface area contributed by atoms with E-state index in [0.29, 0.717) is 28.0 Å². The second kappa shape index (κ2) is 15.1. The van der Waals surface area contributed by atoms with Gasteiger partial charge in [-0.15, -0.1) is 0 Å². The first-order valence-electron chi connectivity index (χ1n) is 12.3. The molecule has 2 unspecified atom stereocenters. The number of nitrogens with zero attached hydrogens (tertiary/aromatic N) is 4. The van der Waals surface area contributed by atoms with Crippen LogP contribution in [0.3, 0.4) is 0 Å². The van der Waals surface area contributed by atoms with Crippen molar-refractivity contribution < 1.29 is 9.00 Å². The van der Waals surface area contributed by atoms with Crippen molar-refractivity contribution in [1.29, 1.82) is 0 Å². The number of amides is 1. The van der Waals surface area contributed by atoms with E-state index in [-0.39, 0.29) is 17.1 Å². The molecule has 0 aliphatic carbocycles. The molecule has 0 radical (unpaired) electrons. The van der Waals surface area contributed by atoms with Gasteiger partial charge in [0.05, 0.1) is 10.8 Å². The zero-order valence-corrected chi connectivity index (χ0v) is 24.1. The molecule has 0 N–H and O–H groups in total. The Morgan fingerprint density at radius 1 is 1.20 bits per heavy atom. The minimum Gasteiger partial charge on any atom is -0.287 e. The normalized spacial score (nSPS) is 17.3. The van der Waals surface area contributed by atoms with Crippen LogP contribution in [0.15, 0.2) is 56.3 Å². The Bertz CT molecular complexity index is 995. The first kappa shape index (κ1) is 30.9. The van der Waals surface area contributed by atoms with Gasteiger partial charge in [0, 0.05) is 18.0 Å². The molecular formula is C27H41ClN4O2S. The third-order valence-electron chi connectivity index (χ3n) is 5.90. The second-order valence-electron chi connectivity index (χ2n) is 8.98. The van der Waals surface area contributed by atoms with E-state index in [9.17, 15) is 9.00 Å². The molecule has 194 valence electrons. The van der Waals surface area contributed by atoms with E-state index in [1.807, 2.05) is 46.9 Å². The van der Waals surface area contributed by atoms with Gasteiger partial charge in [0.25, 0.3) is 5.91 Å². The molecule has 3 atom stereocenters. The zero-order valence-electron chi connectivity index (χ0n) is 22.5. The molecule has 0 saturated carbocycles. The molecule has 1 aromatic rings. The molecule has 2 heterocycles.